The molecule has 0 amide bonds. The van der Waals surface area contributed by atoms with Crippen LogP contribution in [0.3, 0.4) is 0 Å². The van der Waals surface area contributed by atoms with E-state index in [2.05, 4.69) is 30.7 Å². The first kappa shape index (κ1) is 16.3. The second-order valence-corrected chi connectivity index (χ2v) is 3.66. The molecular weight excluding hydrogens is 290 g/mol. The number of aromatic nitrogens is 2. The molecule has 21 heavy (non-hydrogen) atoms. The van der Waals surface area contributed by atoms with E-state index in [1.165, 1.54) is 0 Å². The van der Waals surface area contributed by atoms with Crippen LogP contribution in [-0.4, -0.2) is 28.4 Å². The van der Waals surface area contributed by atoms with Gasteiger partial charge in [-0.2, -0.15) is 10.2 Å². The van der Waals surface area contributed by atoms with Crippen molar-refractivity contribution >= 4 is 30.8 Å². The van der Waals surface area contributed by atoms with E-state index in [9.17, 15) is 0 Å². The maximum atomic E-state index is 5.59. The van der Waals surface area contributed by atoms with Crippen LogP contribution in [0.2, 0.25) is 0 Å². The summed E-state index contributed by atoms with van der Waals surface area (Å²) in [5.74, 6) is 0.0978. The predicted molar refractivity (Wildman–Crippen MR) is 85.7 cm³/mol. The molecule has 0 aliphatic heterocycles. The van der Waals surface area contributed by atoms with Crippen LogP contribution >= 0.6 is 12.4 Å². The molecule has 0 fully saturated rings. The van der Waals surface area contributed by atoms with E-state index >= 15 is 0 Å². The third-order valence-electron chi connectivity index (χ3n) is 2.18. The molecular formula is C13H14ClN7. The zero-order chi connectivity index (χ0) is 14.0. The number of nitrogens with zero attached hydrogens (tertiary/aromatic N) is 5. The third kappa shape index (κ3) is 6.26. The molecule has 2 aromatic heterocycles. The van der Waals surface area contributed by atoms with Crippen molar-refractivity contribution in [3.8, 4) is 0 Å². The van der Waals surface area contributed by atoms with Gasteiger partial charge in [0.1, 0.15) is 0 Å². The molecule has 2 rings (SSSR count). The monoisotopic (exact) mass is 303 g/mol. The lowest BCUT2D eigenvalue weighted by atomic mass is 10.3. The Morgan fingerprint density at radius 3 is 2.05 bits per heavy atom. The molecule has 3 N–H and O–H groups in total. The summed E-state index contributed by atoms with van der Waals surface area (Å²) in [6, 6.07) is 7.26. The van der Waals surface area contributed by atoms with Crippen molar-refractivity contribution in [3.05, 3.63) is 60.2 Å². The number of nitrogens with two attached hydrogens (primary N) is 1. The molecule has 0 aliphatic carbocycles. The minimum Gasteiger partial charge on any atom is -0.367 e. The summed E-state index contributed by atoms with van der Waals surface area (Å²) >= 11 is 0. The first-order valence-corrected chi connectivity index (χ1v) is 5.80. The van der Waals surface area contributed by atoms with Crippen LogP contribution in [0.1, 0.15) is 11.1 Å². The molecule has 0 spiro atoms. The van der Waals surface area contributed by atoms with E-state index < -0.39 is 0 Å². The highest BCUT2D eigenvalue weighted by molar-refractivity contribution is 5.85. The Balaban J connectivity index is 0.00000220. The fourth-order valence-corrected chi connectivity index (χ4v) is 1.25. The topological polar surface area (TPSA) is 101 Å². The first-order valence-electron chi connectivity index (χ1n) is 5.80. The van der Waals surface area contributed by atoms with Crippen LogP contribution in [0.5, 0.6) is 0 Å². The van der Waals surface area contributed by atoms with Gasteiger partial charge >= 0.3 is 0 Å². The molecule has 2 heterocycles. The van der Waals surface area contributed by atoms with E-state index in [1.807, 2.05) is 24.3 Å². The van der Waals surface area contributed by atoms with E-state index in [1.54, 1.807) is 37.2 Å². The molecule has 0 radical (unpaired) electrons. The van der Waals surface area contributed by atoms with Crippen molar-refractivity contribution in [2.45, 2.75) is 0 Å². The molecule has 108 valence electrons. The van der Waals surface area contributed by atoms with Gasteiger partial charge in [-0.05, 0) is 35.4 Å². The normalized spacial score (nSPS) is 11.5. The fraction of sp³-hybridized carbons (Fsp3) is 0. The lowest BCUT2D eigenvalue weighted by Crippen LogP contribution is -2.26. The molecule has 0 saturated carbocycles. The van der Waals surface area contributed by atoms with Crippen molar-refractivity contribution in [1.29, 1.82) is 0 Å². The van der Waals surface area contributed by atoms with E-state index in [-0.39, 0.29) is 18.4 Å². The molecule has 0 saturated heterocycles. The van der Waals surface area contributed by atoms with Crippen molar-refractivity contribution in [3.63, 3.8) is 0 Å². The number of nitrogens with one attached hydrogen (secondary N) is 1. The summed E-state index contributed by atoms with van der Waals surface area (Å²) in [7, 11) is 0. The molecule has 2 aromatic rings. The van der Waals surface area contributed by atoms with E-state index in [4.69, 9.17) is 5.73 Å². The van der Waals surface area contributed by atoms with Crippen molar-refractivity contribution in [2.24, 2.45) is 21.0 Å². The molecule has 0 aromatic carbocycles. The first-order chi connectivity index (χ1) is 9.84. The SMILES string of the molecule is Cl.N/C(=N\N=C/c1ccncc1)N/N=C\c1ccncc1. The lowest BCUT2D eigenvalue weighted by Gasteiger charge is -1.95. The van der Waals surface area contributed by atoms with Gasteiger partial charge in [0.15, 0.2) is 0 Å². The zero-order valence-electron chi connectivity index (χ0n) is 11.0. The third-order valence-corrected chi connectivity index (χ3v) is 2.18. The minimum absolute atomic E-state index is 0. The number of hydrogen-bond acceptors (Lipinski definition) is 5. The van der Waals surface area contributed by atoms with Crippen LogP contribution < -0.4 is 11.2 Å². The van der Waals surface area contributed by atoms with Gasteiger partial charge in [0.05, 0.1) is 12.4 Å². The average molecular weight is 304 g/mol. The highest BCUT2D eigenvalue weighted by Gasteiger charge is 1.88. The Labute approximate surface area is 128 Å². The maximum absolute atomic E-state index is 5.59. The maximum Gasteiger partial charge on any atom is 0.234 e. The standard InChI is InChI=1S/C13H13N7.ClH/c14-13(19-17-9-11-1-5-15-6-2-11)20-18-10-12-3-7-16-8-4-12;/h1-10H,(H3,14,19,20);1H/b17-9-,18-10-;. The molecule has 0 atom stereocenters. The number of halogens is 1. The van der Waals surface area contributed by atoms with Gasteiger partial charge in [-0.3, -0.25) is 9.97 Å². The van der Waals surface area contributed by atoms with Crippen molar-refractivity contribution < 1.29 is 0 Å². The number of pyridine rings is 2. The summed E-state index contributed by atoms with van der Waals surface area (Å²) in [6.45, 7) is 0. The van der Waals surface area contributed by atoms with E-state index in [0.717, 1.165) is 11.1 Å². The van der Waals surface area contributed by atoms with Gasteiger partial charge in [0.2, 0.25) is 5.96 Å². The molecule has 7 nitrogen and oxygen atoms in total. The fourth-order valence-electron chi connectivity index (χ4n) is 1.25. The Morgan fingerprint density at radius 1 is 0.952 bits per heavy atom. The number of guanidine groups is 1. The van der Waals surface area contributed by atoms with Gasteiger partial charge < -0.3 is 5.73 Å². The van der Waals surface area contributed by atoms with Gasteiger partial charge in [0.25, 0.3) is 0 Å². The highest BCUT2D eigenvalue weighted by atomic mass is 35.5. The number of rotatable bonds is 4. The summed E-state index contributed by atoms with van der Waals surface area (Å²) in [5, 5.41) is 11.5. The molecule has 0 bridgehead atoms. The van der Waals surface area contributed by atoms with Crippen LogP contribution in [-0.2, 0) is 0 Å². The Kier molecular flexibility index (Phi) is 7.09. The van der Waals surface area contributed by atoms with E-state index in [0.29, 0.717) is 0 Å². The van der Waals surface area contributed by atoms with Gasteiger partial charge in [0, 0.05) is 24.8 Å². The molecule has 0 unspecified atom stereocenters. The smallest absolute Gasteiger partial charge is 0.234 e. The van der Waals surface area contributed by atoms with Crippen LogP contribution in [0.4, 0.5) is 0 Å². The second kappa shape index (κ2) is 9.16. The highest BCUT2D eigenvalue weighted by Crippen LogP contribution is 1.91. The predicted octanol–water partition coefficient (Wildman–Crippen LogP) is 1.17. The zero-order valence-corrected chi connectivity index (χ0v) is 11.8. The average Bonchev–Trinajstić information content (AvgIpc) is 2.49. The summed E-state index contributed by atoms with van der Waals surface area (Å²) < 4.78 is 0. The Hall–Kier alpha value is -2.80. The quantitative estimate of drug-likeness (QED) is 0.503. The largest absolute Gasteiger partial charge is 0.367 e. The number of hydrazone groups is 1. The summed E-state index contributed by atoms with van der Waals surface area (Å²) in [4.78, 5) is 7.80. The van der Waals surface area contributed by atoms with Gasteiger partial charge in [-0.25, -0.2) is 5.43 Å². The van der Waals surface area contributed by atoms with Crippen molar-refractivity contribution in [1.82, 2.24) is 15.4 Å². The molecule has 8 heteroatoms. The number of hydrogen-bond donors (Lipinski definition) is 2. The summed E-state index contributed by atoms with van der Waals surface area (Å²) in [6.07, 6.45) is 9.88. The Bertz CT molecular complexity index is 611. The minimum atomic E-state index is 0. The van der Waals surface area contributed by atoms with Crippen molar-refractivity contribution in [2.75, 3.05) is 0 Å². The van der Waals surface area contributed by atoms with Crippen LogP contribution in [0.25, 0.3) is 0 Å². The van der Waals surface area contributed by atoms with Gasteiger partial charge in [-0.1, -0.05) is 0 Å². The molecule has 0 aliphatic rings. The van der Waals surface area contributed by atoms with Crippen LogP contribution in [0.15, 0.2) is 64.4 Å². The lowest BCUT2D eigenvalue weighted by molar-refractivity contribution is 0.994. The van der Waals surface area contributed by atoms with Crippen LogP contribution in [0, 0.1) is 0 Å². The van der Waals surface area contributed by atoms with Gasteiger partial charge in [-0.15, -0.1) is 17.5 Å². The Morgan fingerprint density at radius 2 is 1.48 bits per heavy atom. The summed E-state index contributed by atoms with van der Waals surface area (Å²) in [5.41, 5.74) is 9.95. The second-order valence-electron chi connectivity index (χ2n) is 3.66.